The van der Waals surface area contributed by atoms with Crippen molar-refractivity contribution in [1.29, 1.82) is 5.41 Å². The molecule has 1 saturated heterocycles. The van der Waals surface area contributed by atoms with Gasteiger partial charge in [-0.25, -0.2) is 9.89 Å². The molecule has 60 heavy (non-hydrogen) atoms. The molecule has 0 spiro atoms. The van der Waals surface area contributed by atoms with Crippen molar-refractivity contribution in [3.63, 3.8) is 0 Å². The molecule has 8 atom stereocenters. The number of aldehydes is 1. The highest BCUT2D eigenvalue weighted by Crippen LogP contribution is 2.49. The van der Waals surface area contributed by atoms with Gasteiger partial charge in [0.2, 0.25) is 18.0 Å². The van der Waals surface area contributed by atoms with Crippen LogP contribution in [0.1, 0.15) is 67.3 Å². The van der Waals surface area contributed by atoms with Crippen molar-refractivity contribution in [1.82, 2.24) is 5.32 Å². The average molecular weight is 827 g/mol. The molecule has 19 heteroatoms. The highest BCUT2D eigenvalue weighted by molar-refractivity contribution is 6.68. The van der Waals surface area contributed by atoms with Gasteiger partial charge in [0.15, 0.2) is 35.3 Å². The lowest BCUT2D eigenvalue weighted by molar-refractivity contribution is -0.723. The molecular weight excluding hydrogens is 786 g/mol. The number of allylic oxidation sites excluding steroid dienone is 1. The molecule has 2 bridgehead atoms. The lowest BCUT2D eigenvalue weighted by Gasteiger charge is -2.47. The van der Waals surface area contributed by atoms with Crippen LogP contribution in [-0.2, 0) is 25.7 Å². The van der Waals surface area contributed by atoms with E-state index in [0.717, 1.165) is 0 Å². The van der Waals surface area contributed by atoms with Crippen LogP contribution in [0.3, 0.4) is 0 Å². The summed E-state index contributed by atoms with van der Waals surface area (Å²) in [7, 11) is 0. The monoisotopic (exact) mass is 826 g/mol. The second kappa shape index (κ2) is 16.2. The van der Waals surface area contributed by atoms with Crippen LogP contribution in [0, 0.1) is 5.41 Å². The molecule has 1 amide bonds. The Morgan fingerprint density at radius 3 is 2.62 bits per heavy atom. The van der Waals surface area contributed by atoms with Crippen molar-refractivity contribution in [3.05, 3.63) is 99.8 Å². The molecule has 5 aliphatic rings. The molecule has 0 saturated carbocycles. The van der Waals surface area contributed by atoms with E-state index in [-0.39, 0.29) is 64.8 Å². The predicted molar refractivity (Wildman–Crippen MR) is 205 cm³/mol. The molecule has 9 N–H and O–H groups in total. The molecule has 8 rings (SSSR count). The van der Waals surface area contributed by atoms with Gasteiger partial charge in [0.25, 0.3) is 11.7 Å². The van der Waals surface area contributed by atoms with Crippen molar-refractivity contribution in [2.75, 3.05) is 26.5 Å². The lowest BCUT2D eigenvalue weighted by atomic mass is 9.79. The third-order valence-corrected chi connectivity index (χ3v) is 11.1. The number of amidine groups is 1. The number of hydrogen-bond donors (Lipinski definition) is 9. The number of quaternary nitrogens is 1. The molecule has 8 unspecified atom stereocenters. The van der Waals surface area contributed by atoms with Crippen LogP contribution >= 0.6 is 0 Å². The van der Waals surface area contributed by atoms with Crippen molar-refractivity contribution < 1.29 is 73.7 Å². The first kappa shape index (κ1) is 40.7. The molecule has 3 aromatic rings. The normalized spacial score (nSPS) is 27.4. The fourth-order valence-electron chi connectivity index (χ4n) is 8.06. The number of carbonyl (C=O) groups is 4. The summed E-state index contributed by atoms with van der Waals surface area (Å²) < 4.78 is 24.7. The number of guanidine groups is 1. The van der Waals surface area contributed by atoms with Crippen molar-refractivity contribution >= 4 is 47.0 Å². The van der Waals surface area contributed by atoms with E-state index in [1.54, 1.807) is 30.3 Å². The number of benzene rings is 3. The van der Waals surface area contributed by atoms with Gasteiger partial charge in [-0.2, -0.15) is 4.99 Å². The van der Waals surface area contributed by atoms with Crippen molar-refractivity contribution in [2.45, 2.75) is 61.7 Å². The van der Waals surface area contributed by atoms with Gasteiger partial charge in [-0.1, -0.05) is 24.3 Å². The van der Waals surface area contributed by atoms with Gasteiger partial charge >= 0.3 is 0 Å². The molecular formula is C41H40N5O14+. The Hall–Kier alpha value is -6.03. The average Bonchev–Trinajstić information content (AvgIpc) is 3.65. The van der Waals surface area contributed by atoms with E-state index < -0.39 is 97.6 Å². The summed E-state index contributed by atoms with van der Waals surface area (Å²) in [5.41, 5.74) is -1.67. The summed E-state index contributed by atoms with van der Waals surface area (Å²) in [5, 5.41) is 75.6. The zero-order valence-corrected chi connectivity index (χ0v) is 31.6. The second-order valence-corrected chi connectivity index (χ2v) is 14.8. The molecule has 4 heterocycles. The summed E-state index contributed by atoms with van der Waals surface area (Å²) >= 11 is 0. The summed E-state index contributed by atoms with van der Waals surface area (Å²) in [5.74, 6) is -4.00. The summed E-state index contributed by atoms with van der Waals surface area (Å²) in [4.78, 5) is 62.6. The van der Waals surface area contributed by atoms with Gasteiger partial charge in [-0.05, 0) is 35.9 Å². The highest BCUT2D eigenvalue weighted by Gasteiger charge is 2.57. The molecule has 0 radical (unpaired) electrons. The number of amides is 1. The molecule has 0 aromatic heterocycles. The van der Waals surface area contributed by atoms with Crippen LogP contribution in [0.5, 0.6) is 11.5 Å². The molecule has 19 nitrogen and oxygen atoms in total. The zero-order valence-electron chi connectivity index (χ0n) is 31.6. The first-order valence-corrected chi connectivity index (χ1v) is 19.0. The van der Waals surface area contributed by atoms with Crippen molar-refractivity contribution in [2.24, 2.45) is 9.98 Å². The standard InChI is InChI=1S/C41H39N5O14/c42-40-44-37-30(38(55)45-40)43-18-46(37)27-4-2-1-3-22(27)21-8-12-57-17-28-33(53)36(54)41(56,9-11-48)39(59-28)60-34-25(21)14-26-29(35(34)58-16-20(50)7-10-47)32(52)24-13-19(15-49)5-6-23(24)31(26)51/h1-6,8,10,12-14,20-21,28,33,36,39,48-50,53-54,56H,7,9,11,15-18H2,(H2,42,45,55)/p+1. The fourth-order valence-corrected chi connectivity index (χ4v) is 8.06. The van der Waals surface area contributed by atoms with Gasteiger partial charge in [-0.15, -0.1) is 0 Å². The number of rotatable bonds is 10. The Bertz CT molecular complexity index is 2400. The minimum Gasteiger partial charge on any atom is -0.499 e. The fraction of sp³-hybridized carbons (Fsp3) is 0.341. The van der Waals surface area contributed by atoms with E-state index in [1.807, 2.05) is 0 Å². The molecule has 312 valence electrons. The van der Waals surface area contributed by atoms with E-state index >= 15 is 0 Å². The third-order valence-electron chi connectivity index (χ3n) is 11.1. The Morgan fingerprint density at radius 1 is 1.05 bits per heavy atom. The number of aliphatic imine (C=N–C) groups is 2. The lowest BCUT2D eigenvalue weighted by Crippen LogP contribution is -3.09. The number of fused-ring (bicyclic) bond motifs is 6. The highest BCUT2D eigenvalue weighted by atomic mass is 16.7. The number of ketones is 2. The molecule has 4 aliphatic heterocycles. The van der Waals surface area contributed by atoms with Crippen LogP contribution < -0.4 is 19.7 Å². The Balaban J connectivity index is 1.41. The third kappa shape index (κ3) is 6.89. The first-order chi connectivity index (χ1) is 28.9. The van der Waals surface area contributed by atoms with Gasteiger partial charge in [0, 0.05) is 53.2 Å². The predicted octanol–water partition coefficient (Wildman–Crippen LogP) is -1.71. The second-order valence-electron chi connectivity index (χ2n) is 14.8. The number of carbonyl (C=O) groups excluding carboxylic acids is 4. The van der Waals surface area contributed by atoms with Gasteiger partial charge < -0.3 is 54.4 Å². The van der Waals surface area contributed by atoms with E-state index in [9.17, 15) is 49.8 Å². The Morgan fingerprint density at radius 2 is 1.85 bits per heavy atom. The van der Waals surface area contributed by atoms with Gasteiger partial charge in [-0.3, -0.25) is 25.1 Å². The maximum atomic E-state index is 14.6. The van der Waals surface area contributed by atoms with E-state index in [2.05, 4.69) is 15.3 Å². The van der Waals surface area contributed by atoms with Crippen LogP contribution in [0.2, 0.25) is 0 Å². The maximum absolute atomic E-state index is 14.6. The Labute approximate surface area is 340 Å². The zero-order chi connectivity index (χ0) is 42.5. The summed E-state index contributed by atoms with van der Waals surface area (Å²) in [6.07, 6.45) is -6.04. The summed E-state index contributed by atoms with van der Waals surface area (Å²) in [6, 6.07) is 12.6. The number of nitrogens with zero attached hydrogens (tertiary/aromatic N) is 2. The minimum atomic E-state index is -2.51. The number of aliphatic hydroxyl groups excluding tert-OH is 5. The number of hydrogen-bond acceptors (Lipinski definition) is 16. The number of aliphatic hydroxyl groups is 6. The maximum Gasteiger partial charge on any atom is 0.284 e. The largest absolute Gasteiger partial charge is 0.499 e. The number of para-hydroxylation sites is 1. The van der Waals surface area contributed by atoms with E-state index in [4.69, 9.17) is 24.4 Å². The van der Waals surface area contributed by atoms with Gasteiger partial charge in [0.05, 0.1) is 24.5 Å². The van der Waals surface area contributed by atoms with Crippen LogP contribution in [0.4, 0.5) is 5.69 Å². The Kier molecular flexibility index (Phi) is 11.0. The van der Waals surface area contributed by atoms with Crippen molar-refractivity contribution in [3.8, 4) is 11.5 Å². The number of nitrogens with one attached hydrogen (secondary N) is 3. The quantitative estimate of drug-likeness (QED) is 0.0806. The topological polar surface area (TPSA) is 292 Å². The smallest absolute Gasteiger partial charge is 0.284 e. The minimum absolute atomic E-state index is 0.00347. The van der Waals surface area contributed by atoms with Gasteiger partial charge in [0.1, 0.15) is 43.5 Å². The summed E-state index contributed by atoms with van der Waals surface area (Å²) in [6.45, 7) is -2.16. The molecule has 3 aromatic carbocycles. The number of ether oxygens (including phenoxy) is 4. The van der Waals surface area contributed by atoms with Crippen LogP contribution in [0.25, 0.3) is 0 Å². The molecule has 1 aliphatic carbocycles. The van der Waals surface area contributed by atoms with Crippen LogP contribution in [0.15, 0.2) is 70.9 Å². The first-order valence-electron chi connectivity index (χ1n) is 19.0. The molecule has 1 fully saturated rings. The van der Waals surface area contributed by atoms with Crippen LogP contribution in [-0.4, -0.2) is 135 Å². The van der Waals surface area contributed by atoms with E-state index in [0.29, 0.717) is 28.0 Å². The van der Waals surface area contributed by atoms with E-state index in [1.165, 1.54) is 30.5 Å². The SMILES string of the molecule is N=C1N=C2C(=NC[NH+]2c2ccccc2C2C=COCC3OC(Oc4c2cc2c(c4OCC(O)CC=O)C(=O)c4cc(CO)ccc4C2=O)C(O)(CCO)C(O)C3O)C(=O)N1.